The van der Waals surface area contributed by atoms with Gasteiger partial charge in [-0.2, -0.15) is 0 Å². The van der Waals surface area contributed by atoms with Gasteiger partial charge in [0.25, 0.3) is 0 Å². The van der Waals surface area contributed by atoms with Crippen LogP contribution in [0, 0.1) is 0 Å². The number of aromatic nitrogens is 2. The van der Waals surface area contributed by atoms with Crippen LogP contribution in [0.25, 0.3) is 109 Å². The molecule has 3 aromatic heterocycles. The van der Waals surface area contributed by atoms with Crippen LogP contribution >= 0.6 is 11.3 Å². The summed E-state index contributed by atoms with van der Waals surface area (Å²) in [5.41, 5.74) is 14.4. The van der Waals surface area contributed by atoms with E-state index in [4.69, 9.17) is 0 Å². The Hall–Kier alpha value is -7.20. The molecule has 0 aliphatic rings. The van der Waals surface area contributed by atoms with E-state index in [1.54, 1.807) is 0 Å². The lowest BCUT2D eigenvalue weighted by atomic mass is 10.0. The summed E-state index contributed by atoms with van der Waals surface area (Å²) in [5, 5.41) is 7.63. The first-order valence-electron chi connectivity index (χ1n) is 19.5. The molecule has 0 radical (unpaired) electrons. The second kappa shape index (κ2) is 12.7. The van der Waals surface area contributed by atoms with E-state index < -0.39 is 0 Å². The average Bonchev–Trinajstić information content (AvgIpc) is 3.93. The first-order valence-corrected chi connectivity index (χ1v) is 20.3. The summed E-state index contributed by atoms with van der Waals surface area (Å²) in [5.74, 6) is 0. The zero-order valence-corrected chi connectivity index (χ0v) is 31.7. The average molecular weight is 743 g/mol. The third-order valence-corrected chi connectivity index (χ3v) is 12.9. The Morgan fingerprint density at radius 1 is 0.281 bits per heavy atom. The second-order valence-corrected chi connectivity index (χ2v) is 16.0. The van der Waals surface area contributed by atoms with Crippen LogP contribution in [-0.4, -0.2) is 9.13 Å². The van der Waals surface area contributed by atoms with Crippen molar-refractivity contribution in [2.24, 2.45) is 0 Å². The fraction of sp³-hybridized carbons (Fsp3) is 0. The monoisotopic (exact) mass is 742 g/mol. The van der Waals surface area contributed by atoms with Gasteiger partial charge in [-0.05, 0) is 88.0 Å². The number of hydrogen-bond donors (Lipinski definition) is 0. The molecular formula is C54H34N2S. The summed E-state index contributed by atoms with van der Waals surface area (Å²) in [7, 11) is 0. The fourth-order valence-electron chi connectivity index (χ4n) is 9.05. The van der Waals surface area contributed by atoms with Crippen LogP contribution in [0.1, 0.15) is 0 Å². The lowest BCUT2D eigenvalue weighted by Gasteiger charge is -2.12. The van der Waals surface area contributed by atoms with Crippen molar-refractivity contribution in [2.45, 2.75) is 0 Å². The molecule has 0 saturated carbocycles. The summed E-state index contributed by atoms with van der Waals surface area (Å²) >= 11 is 1.88. The molecule has 0 N–H and O–H groups in total. The highest BCUT2D eigenvalue weighted by Crippen LogP contribution is 2.43. The van der Waals surface area contributed by atoms with Crippen LogP contribution < -0.4 is 0 Å². The maximum absolute atomic E-state index is 2.47. The molecule has 0 aliphatic heterocycles. The summed E-state index contributed by atoms with van der Waals surface area (Å²) in [6, 6.07) is 75.7. The predicted molar refractivity (Wildman–Crippen MR) is 244 cm³/mol. The van der Waals surface area contributed by atoms with E-state index in [-0.39, 0.29) is 0 Å². The molecule has 0 fully saturated rings. The topological polar surface area (TPSA) is 9.86 Å². The van der Waals surface area contributed by atoms with Crippen LogP contribution in [0.5, 0.6) is 0 Å². The molecule has 0 unspecified atom stereocenters. The number of fused-ring (bicyclic) bond motifs is 9. The van der Waals surface area contributed by atoms with Gasteiger partial charge in [-0.1, -0.05) is 152 Å². The van der Waals surface area contributed by atoms with Crippen molar-refractivity contribution in [3.05, 3.63) is 206 Å². The molecular weight excluding hydrogens is 709 g/mol. The first kappa shape index (κ1) is 32.1. The number of nitrogens with zero attached hydrogens (tertiary/aromatic N) is 2. The van der Waals surface area contributed by atoms with Crippen molar-refractivity contribution >= 4 is 75.1 Å². The Labute approximate surface area is 333 Å². The van der Waals surface area contributed by atoms with Gasteiger partial charge in [0.2, 0.25) is 0 Å². The van der Waals surface area contributed by atoms with Gasteiger partial charge in [-0.25, -0.2) is 0 Å². The minimum Gasteiger partial charge on any atom is -0.309 e. The molecule has 12 rings (SSSR count). The Morgan fingerprint density at radius 3 is 1.39 bits per heavy atom. The SMILES string of the molecule is c1ccc(-c2ccc3c4cc5c6ccc(-c7ccccc7)cc6n(-c6ccc(-c7cccc8c7sc7ccccc78)cc6)c5cc4n(-c4ccccc4)c3c2)cc1. The summed E-state index contributed by atoms with van der Waals surface area (Å²) in [6.45, 7) is 0. The third kappa shape index (κ3) is 5.03. The Bertz CT molecular complexity index is 3480. The molecule has 0 atom stereocenters. The number of para-hydroxylation sites is 1. The van der Waals surface area contributed by atoms with Crippen LogP contribution in [-0.2, 0) is 0 Å². The summed E-state index contributed by atoms with van der Waals surface area (Å²) in [4.78, 5) is 0. The largest absolute Gasteiger partial charge is 0.309 e. The molecule has 3 heteroatoms. The predicted octanol–water partition coefficient (Wildman–Crippen LogP) is 15.2. The third-order valence-electron chi connectivity index (χ3n) is 11.7. The van der Waals surface area contributed by atoms with Gasteiger partial charge < -0.3 is 9.13 Å². The van der Waals surface area contributed by atoms with Gasteiger partial charge in [0.1, 0.15) is 0 Å². The Morgan fingerprint density at radius 2 is 0.772 bits per heavy atom. The molecule has 57 heavy (non-hydrogen) atoms. The zero-order chi connectivity index (χ0) is 37.5. The lowest BCUT2D eigenvalue weighted by molar-refractivity contribution is 1.16. The summed E-state index contributed by atoms with van der Waals surface area (Å²) < 4.78 is 7.58. The van der Waals surface area contributed by atoms with Gasteiger partial charge >= 0.3 is 0 Å². The van der Waals surface area contributed by atoms with Crippen LogP contribution in [0.3, 0.4) is 0 Å². The van der Waals surface area contributed by atoms with Crippen molar-refractivity contribution in [1.82, 2.24) is 9.13 Å². The molecule has 9 aromatic carbocycles. The molecule has 0 bridgehead atoms. The van der Waals surface area contributed by atoms with Gasteiger partial charge in [0.15, 0.2) is 0 Å². The molecule has 0 saturated heterocycles. The molecule has 2 nitrogen and oxygen atoms in total. The quantitative estimate of drug-likeness (QED) is 0.166. The van der Waals surface area contributed by atoms with Crippen molar-refractivity contribution in [3.63, 3.8) is 0 Å². The van der Waals surface area contributed by atoms with Gasteiger partial charge in [-0.3, -0.25) is 0 Å². The number of rotatable bonds is 5. The normalized spacial score (nSPS) is 11.9. The van der Waals surface area contributed by atoms with Crippen molar-refractivity contribution in [1.29, 1.82) is 0 Å². The minimum atomic E-state index is 1.14. The van der Waals surface area contributed by atoms with E-state index in [2.05, 4.69) is 215 Å². The van der Waals surface area contributed by atoms with E-state index in [0.717, 1.165) is 11.4 Å². The van der Waals surface area contributed by atoms with Gasteiger partial charge in [-0.15, -0.1) is 11.3 Å². The van der Waals surface area contributed by atoms with Crippen LogP contribution in [0.2, 0.25) is 0 Å². The highest BCUT2D eigenvalue weighted by atomic mass is 32.1. The minimum absolute atomic E-state index is 1.14. The van der Waals surface area contributed by atoms with Crippen molar-refractivity contribution in [2.75, 3.05) is 0 Å². The van der Waals surface area contributed by atoms with E-state index in [9.17, 15) is 0 Å². The molecule has 0 aliphatic carbocycles. The number of hydrogen-bond acceptors (Lipinski definition) is 1. The summed E-state index contributed by atoms with van der Waals surface area (Å²) in [6.07, 6.45) is 0. The van der Waals surface area contributed by atoms with Crippen molar-refractivity contribution < 1.29 is 0 Å². The molecule has 0 spiro atoms. The van der Waals surface area contributed by atoms with Crippen LogP contribution in [0.4, 0.5) is 0 Å². The zero-order valence-electron chi connectivity index (χ0n) is 30.9. The number of benzene rings is 9. The number of thiophene rings is 1. The standard InChI is InChI=1S/C54H34N2S/c1-4-13-35(14-5-1)38-25-29-43-47-33-48-44-30-26-39(36-15-6-2-7-16-36)32-50(44)56(52(48)34-51(47)55(49(43)31-38)40-17-8-3-9-18-40)41-27-23-37(24-28-41)42-20-12-21-46-45-19-10-11-22-53(45)57-54(42)46/h1-34H. The molecule has 0 amide bonds. The van der Waals surface area contributed by atoms with E-state index in [1.165, 1.54) is 97.2 Å². The van der Waals surface area contributed by atoms with E-state index >= 15 is 0 Å². The van der Waals surface area contributed by atoms with Gasteiger partial charge in [0, 0.05) is 53.1 Å². The fourth-order valence-corrected chi connectivity index (χ4v) is 10.3. The van der Waals surface area contributed by atoms with Crippen molar-refractivity contribution in [3.8, 4) is 44.8 Å². The maximum atomic E-state index is 2.47. The first-order chi connectivity index (χ1) is 28.3. The Balaban J connectivity index is 1.12. The Kier molecular flexibility index (Phi) is 7.13. The maximum Gasteiger partial charge on any atom is 0.0562 e. The second-order valence-electron chi connectivity index (χ2n) is 14.9. The molecule has 12 aromatic rings. The smallest absolute Gasteiger partial charge is 0.0562 e. The van der Waals surface area contributed by atoms with E-state index in [1.807, 2.05) is 11.3 Å². The van der Waals surface area contributed by atoms with Crippen LogP contribution in [0.15, 0.2) is 206 Å². The highest BCUT2D eigenvalue weighted by Gasteiger charge is 2.20. The molecule has 3 heterocycles. The highest BCUT2D eigenvalue weighted by molar-refractivity contribution is 7.26. The van der Waals surface area contributed by atoms with E-state index in [0.29, 0.717) is 0 Å². The molecule has 266 valence electrons. The lowest BCUT2D eigenvalue weighted by Crippen LogP contribution is -1.96. The van der Waals surface area contributed by atoms with Gasteiger partial charge in [0.05, 0.1) is 22.1 Å².